The Balaban J connectivity index is 1.45. The van der Waals surface area contributed by atoms with E-state index in [4.69, 9.17) is 4.74 Å². The van der Waals surface area contributed by atoms with E-state index in [2.05, 4.69) is 46.0 Å². The maximum Gasteiger partial charge on any atom is 0.0771 e. The molecule has 25 heavy (non-hydrogen) atoms. The van der Waals surface area contributed by atoms with E-state index in [0.29, 0.717) is 12.0 Å². The monoisotopic (exact) mass is 332 g/mol. The van der Waals surface area contributed by atoms with Gasteiger partial charge in [0.05, 0.1) is 24.5 Å². The first kappa shape index (κ1) is 15.2. The van der Waals surface area contributed by atoms with Crippen LogP contribution in [0.4, 0.5) is 0 Å². The number of ether oxygens (including phenoxy) is 1. The van der Waals surface area contributed by atoms with Gasteiger partial charge in [0.15, 0.2) is 0 Å². The van der Waals surface area contributed by atoms with Crippen LogP contribution < -0.4 is 0 Å². The van der Waals surface area contributed by atoms with Gasteiger partial charge >= 0.3 is 0 Å². The summed E-state index contributed by atoms with van der Waals surface area (Å²) >= 11 is 0. The molecular weight excluding hydrogens is 308 g/mol. The highest BCUT2D eigenvalue weighted by molar-refractivity contribution is 5.71. The van der Waals surface area contributed by atoms with Crippen LogP contribution in [0.1, 0.15) is 48.8 Å². The molecule has 1 saturated carbocycles. The highest BCUT2D eigenvalue weighted by atomic mass is 16.5. The van der Waals surface area contributed by atoms with Crippen molar-refractivity contribution in [1.29, 1.82) is 0 Å². The molecule has 3 heteroatoms. The summed E-state index contributed by atoms with van der Waals surface area (Å²) in [6, 6.07) is 6.73. The van der Waals surface area contributed by atoms with E-state index in [1.165, 1.54) is 48.1 Å². The molecule has 1 aliphatic heterocycles. The van der Waals surface area contributed by atoms with Crippen molar-refractivity contribution in [3.8, 4) is 23.1 Å². The van der Waals surface area contributed by atoms with Crippen molar-refractivity contribution in [1.82, 2.24) is 9.78 Å². The van der Waals surface area contributed by atoms with Gasteiger partial charge in [-0.25, -0.2) is 0 Å². The standard InChI is InChI=1S/C22H24N2O/c1-2-12-25-20(3-1)15-24-22-19(14-23-24)10-9-18-13-17(8-11-21(18)22)7-6-16-4-5-16/h8,11,13-14,16,20H,1-5,9-10,12,15H2. The van der Waals surface area contributed by atoms with E-state index in [0.717, 1.165) is 38.0 Å². The summed E-state index contributed by atoms with van der Waals surface area (Å²) < 4.78 is 8.11. The molecule has 2 aliphatic carbocycles. The van der Waals surface area contributed by atoms with Crippen LogP contribution in [0, 0.1) is 17.8 Å². The minimum atomic E-state index is 0.312. The molecule has 1 unspecified atom stereocenters. The first-order valence-corrected chi connectivity index (χ1v) is 9.68. The summed E-state index contributed by atoms with van der Waals surface area (Å²) in [5.74, 6) is 7.39. The average Bonchev–Trinajstić information content (AvgIpc) is 3.40. The zero-order chi connectivity index (χ0) is 16.6. The molecule has 2 heterocycles. The number of fused-ring (bicyclic) bond motifs is 3. The third-order valence-corrected chi connectivity index (χ3v) is 5.59. The second-order valence-corrected chi connectivity index (χ2v) is 7.60. The molecular formula is C22H24N2O. The Kier molecular flexibility index (Phi) is 3.87. The third-order valence-electron chi connectivity index (χ3n) is 5.59. The van der Waals surface area contributed by atoms with Gasteiger partial charge in [-0.2, -0.15) is 5.10 Å². The number of hydrogen-bond donors (Lipinski definition) is 0. The molecule has 0 radical (unpaired) electrons. The molecule has 3 nitrogen and oxygen atoms in total. The van der Waals surface area contributed by atoms with Gasteiger partial charge in [0.2, 0.25) is 0 Å². The van der Waals surface area contributed by atoms with E-state index in [1.54, 1.807) is 0 Å². The largest absolute Gasteiger partial charge is 0.376 e. The molecule has 0 N–H and O–H groups in total. The first-order valence-electron chi connectivity index (χ1n) is 9.68. The van der Waals surface area contributed by atoms with Gasteiger partial charge in [-0.3, -0.25) is 4.68 Å². The Hall–Kier alpha value is -2.05. The molecule has 1 aromatic heterocycles. The average molecular weight is 332 g/mol. The van der Waals surface area contributed by atoms with Gasteiger partial charge in [-0.05, 0) is 68.2 Å². The molecule has 1 aromatic carbocycles. The number of aromatic nitrogens is 2. The summed E-state index contributed by atoms with van der Waals surface area (Å²) in [6.45, 7) is 1.77. The Morgan fingerprint density at radius 3 is 2.88 bits per heavy atom. The van der Waals surface area contributed by atoms with Crippen LogP contribution in [0.3, 0.4) is 0 Å². The van der Waals surface area contributed by atoms with Crippen LogP contribution in [0.5, 0.6) is 0 Å². The number of benzene rings is 1. The lowest BCUT2D eigenvalue weighted by Crippen LogP contribution is -2.25. The molecule has 0 spiro atoms. The fourth-order valence-electron chi connectivity index (χ4n) is 3.99. The lowest BCUT2D eigenvalue weighted by molar-refractivity contribution is 0.00427. The van der Waals surface area contributed by atoms with Crippen molar-refractivity contribution in [2.45, 2.75) is 57.6 Å². The first-order chi connectivity index (χ1) is 12.4. The van der Waals surface area contributed by atoms with E-state index in [-0.39, 0.29) is 0 Å². The zero-order valence-electron chi connectivity index (χ0n) is 14.6. The van der Waals surface area contributed by atoms with E-state index < -0.39 is 0 Å². The molecule has 3 aliphatic rings. The van der Waals surface area contributed by atoms with E-state index >= 15 is 0 Å². The second kappa shape index (κ2) is 6.35. The minimum Gasteiger partial charge on any atom is -0.376 e. The minimum absolute atomic E-state index is 0.312. The highest BCUT2D eigenvalue weighted by Gasteiger charge is 2.24. The summed E-state index contributed by atoms with van der Waals surface area (Å²) in [7, 11) is 0. The molecule has 128 valence electrons. The van der Waals surface area contributed by atoms with Crippen molar-refractivity contribution < 1.29 is 4.74 Å². The van der Waals surface area contributed by atoms with Crippen LogP contribution in [0.25, 0.3) is 11.3 Å². The highest BCUT2D eigenvalue weighted by Crippen LogP contribution is 2.34. The quantitative estimate of drug-likeness (QED) is 0.778. The van der Waals surface area contributed by atoms with Crippen LogP contribution in [-0.4, -0.2) is 22.5 Å². The van der Waals surface area contributed by atoms with Gasteiger partial charge in [0.1, 0.15) is 0 Å². The maximum absolute atomic E-state index is 5.93. The topological polar surface area (TPSA) is 27.1 Å². The van der Waals surface area contributed by atoms with Crippen LogP contribution in [0.15, 0.2) is 24.4 Å². The third kappa shape index (κ3) is 3.12. The lowest BCUT2D eigenvalue weighted by atomic mass is 9.89. The lowest BCUT2D eigenvalue weighted by Gasteiger charge is -2.25. The molecule has 2 aromatic rings. The smallest absolute Gasteiger partial charge is 0.0771 e. The van der Waals surface area contributed by atoms with Crippen molar-refractivity contribution in [2.75, 3.05) is 6.61 Å². The van der Waals surface area contributed by atoms with Gasteiger partial charge in [-0.1, -0.05) is 17.9 Å². The Morgan fingerprint density at radius 1 is 1.12 bits per heavy atom. The van der Waals surface area contributed by atoms with Gasteiger partial charge in [0, 0.05) is 23.7 Å². The Bertz CT molecular complexity index is 845. The molecule has 2 fully saturated rings. The molecule has 1 saturated heterocycles. The Morgan fingerprint density at radius 2 is 2.04 bits per heavy atom. The molecule has 1 atom stereocenters. The van der Waals surface area contributed by atoms with Crippen LogP contribution in [0.2, 0.25) is 0 Å². The summed E-state index contributed by atoms with van der Waals surface area (Å²) in [6.07, 6.45) is 10.7. The van der Waals surface area contributed by atoms with Gasteiger partial charge in [-0.15, -0.1) is 0 Å². The predicted octanol–water partition coefficient (Wildman–Crippen LogP) is 3.98. The predicted molar refractivity (Wildman–Crippen MR) is 98.3 cm³/mol. The fourth-order valence-corrected chi connectivity index (χ4v) is 3.99. The SMILES string of the molecule is C(#CC1CC1)c1ccc2c(c1)CCc1cnn(CC3CCCCO3)c1-2. The van der Waals surface area contributed by atoms with E-state index in [9.17, 15) is 0 Å². The molecule has 0 amide bonds. The van der Waals surface area contributed by atoms with E-state index in [1.807, 2.05) is 0 Å². The van der Waals surface area contributed by atoms with Crippen molar-refractivity contribution in [2.24, 2.45) is 5.92 Å². The number of nitrogens with zero attached hydrogens (tertiary/aromatic N) is 2. The zero-order valence-corrected chi connectivity index (χ0v) is 14.6. The molecule has 5 rings (SSSR count). The number of rotatable bonds is 2. The van der Waals surface area contributed by atoms with Crippen molar-refractivity contribution in [3.05, 3.63) is 41.1 Å². The van der Waals surface area contributed by atoms with Crippen molar-refractivity contribution >= 4 is 0 Å². The Labute approximate surface area is 149 Å². The maximum atomic E-state index is 5.93. The normalized spacial score (nSPS) is 21.8. The summed E-state index contributed by atoms with van der Waals surface area (Å²) in [5, 5.41) is 4.69. The summed E-state index contributed by atoms with van der Waals surface area (Å²) in [5.41, 5.74) is 6.60. The number of hydrogen-bond acceptors (Lipinski definition) is 2. The van der Waals surface area contributed by atoms with Crippen LogP contribution >= 0.6 is 0 Å². The summed E-state index contributed by atoms with van der Waals surface area (Å²) in [4.78, 5) is 0. The molecule has 0 bridgehead atoms. The second-order valence-electron chi connectivity index (χ2n) is 7.60. The van der Waals surface area contributed by atoms with Gasteiger partial charge in [0.25, 0.3) is 0 Å². The van der Waals surface area contributed by atoms with Crippen molar-refractivity contribution in [3.63, 3.8) is 0 Å². The van der Waals surface area contributed by atoms with Gasteiger partial charge < -0.3 is 4.74 Å². The fraction of sp³-hybridized carbons (Fsp3) is 0.500. The number of aryl methyl sites for hydroxylation is 2. The van der Waals surface area contributed by atoms with Crippen LogP contribution in [-0.2, 0) is 24.1 Å².